The van der Waals surface area contributed by atoms with Crippen molar-refractivity contribution in [2.75, 3.05) is 0 Å². The van der Waals surface area contributed by atoms with Gasteiger partial charge in [0.1, 0.15) is 5.75 Å². The van der Waals surface area contributed by atoms with Crippen molar-refractivity contribution in [2.45, 2.75) is 39.2 Å². The van der Waals surface area contributed by atoms with E-state index < -0.39 is 0 Å². The van der Waals surface area contributed by atoms with E-state index in [0.717, 1.165) is 30.4 Å². The van der Waals surface area contributed by atoms with Gasteiger partial charge in [-0.15, -0.1) is 0 Å². The predicted octanol–water partition coefficient (Wildman–Crippen LogP) is 4.91. The lowest BCUT2D eigenvalue weighted by atomic mass is 10.0. The molecule has 0 heterocycles. The summed E-state index contributed by atoms with van der Waals surface area (Å²) in [6.07, 6.45) is 4.91. The van der Waals surface area contributed by atoms with Gasteiger partial charge in [-0.2, -0.15) is 0 Å². The monoisotopic (exact) mass is 281 g/mol. The topological polar surface area (TPSA) is 32.6 Å². The number of phenols is 1. The summed E-state index contributed by atoms with van der Waals surface area (Å²) in [5, 5.41) is 10.3. The Morgan fingerprint density at radius 2 is 1.86 bits per heavy atom. The van der Waals surface area contributed by atoms with Crippen molar-refractivity contribution in [3.63, 3.8) is 0 Å². The Labute approximate surface area is 127 Å². The molecule has 2 nitrogen and oxygen atoms in total. The van der Waals surface area contributed by atoms with E-state index >= 15 is 0 Å². The van der Waals surface area contributed by atoms with Gasteiger partial charge in [0, 0.05) is 11.8 Å². The first-order valence-corrected chi connectivity index (χ1v) is 7.61. The molecule has 2 heteroatoms. The lowest BCUT2D eigenvalue weighted by Gasteiger charge is -2.08. The van der Waals surface area contributed by atoms with Crippen LogP contribution in [0, 0.1) is 0 Å². The number of para-hydroxylation sites is 1. The molecule has 0 aliphatic rings. The summed E-state index contributed by atoms with van der Waals surface area (Å²) in [7, 11) is 0. The molecule has 1 atom stereocenters. The molecule has 0 radical (unpaired) electrons. The molecule has 2 rings (SSSR count). The van der Waals surface area contributed by atoms with Gasteiger partial charge < -0.3 is 5.11 Å². The van der Waals surface area contributed by atoms with E-state index in [4.69, 9.17) is 0 Å². The van der Waals surface area contributed by atoms with Crippen LogP contribution in [-0.4, -0.2) is 11.3 Å². The Morgan fingerprint density at radius 1 is 1.10 bits per heavy atom. The Balaban J connectivity index is 2.14. The molecule has 0 saturated carbocycles. The van der Waals surface area contributed by atoms with Crippen molar-refractivity contribution in [1.29, 1.82) is 0 Å². The smallest absolute Gasteiger partial charge is 0.127 e. The molecule has 0 aliphatic carbocycles. The van der Waals surface area contributed by atoms with E-state index in [1.54, 1.807) is 6.21 Å². The zero-order chi connectivity index (χ0) is 15.1. The average Bonchev–Trinajstić information content (AvgIpc) is 2.53. The average molecular weight is 281 g/mol. The number of aliphatic imine (C=N–C) groups is 1. The van der Waals surface area contributed by atoms with Gasteiger partial charge in [0.15, 0.2) is 0 Å². The van der Waals surface area contributed by atoms with Crippen LogP contribution in [0.3, 0.4) is 0 Å². The molecule has 2 aromatic carbocycles. The van der Waals surface area contributed by atoms with Crippen molar-refractivity contribution in [1.82, 2.24) is 0 Å². The summed E-state index contributed by atoms with van der Waals surface area (Å²) in [6, 6.07) is 16.1. The zero-order valence-corrected chi connectivity index (χ0v) is 12.8. The quantitative estimate of drug-likeness (QED) is 0.749. The van der Waals surface area contributed by atoms with E-state index in [-0.39, 0.29) is 6.04 Å². The highest BCUT2D eigenvalue weighted by atomic mass is 16.3. The fraction of sp³-hybridized carbons (Fsp3) is 0.316. The molecule has 0 bridgehead atoms. The summed E-state index contributed by atoms with van der Waals surface area (Å²) in [4.78, 5) is 4.56. The van der Waals surface area contributed by atoms with E-state index in [0.29, 0.717) is 5.75 Å². The maximum Gasteiger partial charge on any atom is 0.127 e. The largest absolute Gasteiger partial charge is 0.507 e. The van der Waals surface area contributed by atoms with Crippen LogP contribution in [-0.2, 0) is 6.42 Å². The van der Waals surface area contributed by atoms with Crippen molar-refractivity contribution >= 4 is 6.21 Å². The van der Waals surface area contributed by atoms with Crippen LogP contribution in [0.2, 0.25) is 0 Å². The highest BCUT2D eigenvalue weighted by molar-refractivity contribution is 5.84. The minimum absolute atomic E-state index is 0.0879. The van der Waals surface area contributed by atoms with Crippen LogP contribution in [0.15, 0.2) is 53.5 Å². The third kappa shape index (κ3) is 4.19. The minimum atomic E-state index is 0.0879. The van der Waals surface area contributed by atoms with E-state index in [1.165, 1.54) is 5.56 Å². The first-order chi connectivity index (χ1) is 10.2. The third-order valence-corrected chi connectivity index (χ3v) is 3.67. The second kappa shape index (κ2) is 7.63. The fourth-order valence-corrected chi connectivity index (χ4v) is 2.29. The minimum Gasteiger partial charge on any atom is -0.507 e. The first-order valence-electron chi connectivity index (χ1n) is 7.61. The number of hydrogen-bond donors (Lipinski definition) is 1. The second-order valence-corrected chi connectivity index (χ2v) is 5.32. The van der Waals surface area contributed by atoms with Gasteiger partial charge in [0.2, 0.25) is 0 Å². The third-order valence-electron chi connectivity index (χ3n) is 3.67. The number of hydrogen-bond acceptors (Lipinski definition) is 2. The van der Waals surface area contributed by atoms with E-state index in [9.17, 15) is 5.11 Å². The lowest BCUT2D eigenvalue weighted by Crippen LogP contribution is -1.93. The molecule has 0 saturated heterocycles. The summed E-state index contributed by atoms with van der Waals surface area (Å²) in [5.74, 6) is 0.370. The van der Waals surface area contributed by atoms with Crippen LogP contribution in [0.1, 0.15) is 49.4 Å². The van der Waals surface area contributed by atoms with Gasteiger partial charge in [-0.25, -0.2) is 0 Å². The van der Waals surface area contributed by atoms with Crippen molar-refractivity contribution in [3.8, 4) is 5.75 Å². The highest BCUT2D eigenvalue weighted by Crippen LogP contribution is 2.24. The lowest BCUT2D eigenvalue weighted by molar-refractivity contribution is 0.466. The van der Waals surface area contributed by atoms with Crippen LogP contribution in [0.4, 0.5) is 0 Å². The SMILES string of the molecule is CCCCc1cccc(C=NC(C)c2ccccc2)c1O. The van der Waals surface area contributed by atoms with Gasteiger partial charge in [-0.05, 0) is 37.0 Å². The van der Waals surface area contributed by atoms with Gasteiger partial charge >= 0.3 is 0 Å². The van der Waals surface area contributed by atoms with Crippen LogP contribution in [0.5, 0.6) is 5.75 Å². The molecule has 2 aromatic rings. The van der Waals surface area contributed by atoms with E-state index in [1.807, 2.05) is 36.4 Å². The molecule has 21 heavy (non-hydrogen) atoms. The Kier molecular flexibility index (Phi) is 5.56. The van der Waals surface area contributed by atoms with E-state index in [2.05, 4.69) is 31.0 Å². The Bertz CT molecular complexity index is 590. The maximum atomic E-state index is 10.3. The molecule has 0 amide bonds. The molecule has 0 spiro atoms. The molecule has 0 fully saturated rings. The standard InChI is InChI=1S/C19H23NO/c1-3-4-9-17-12-8-13-18(19(17)21)14-20-15(2)16-10-6-5-7-11-16/h5-8,10-15,21H,3-4,9H2,1-2H3. The van der Waals surface area contributed by atoms with Gasteiger partial charge in [0.25, 0.3) is 0 Å². The van der Waals surface area contributed by atoms with Crippen LogP contribution in [0.25, 0.3) is 0 Å². The molecule has 1 N–H and O–H groups in total. The highest BCUT2D eigenvalue weighted by Gasteiger charge is 2.06. The van der Waals surface area contributed by atoms with Gasteiger partial charge in [0.05, 0.1) is 6.04 Å². The van der Waals surface area contributed by atoms with Crippen molar-refractivity contribution in [3.05, 3.63) is 65.2 Å². The molecular weight excluding hydrogens is 258 g/mol. The summed E-state index contributed by atoms with van der Waals surface area (Å²) >= 11 is 0. The Morgan fingerprint density at radius 3 is 2.57 bits per heavy atom. The molecular formula is C19H23NO. The summed E-state index contributed by atoms with van der Waals surface area (Å²) < 4.78 is 0. The number of nitrogens with zero attached hydrogens (tertiary/aromatic N) is 1. The number of unbranched alkanes of at least 4 members (excludes halogenated alkanes) is 1. The number of benzene rings is 2. The maximum absolute atomic E-state index is 10.3. The first kappa shape index (κ1) is 15.3. The summed E-state index contributed by atoms with van der Waals surface area (Å²) in [5.41, 5.74) is 2.98. The zero-order valence-electron chi connectivity index (χ0n) is 12.8. The van der Waals surface area contributed by atoms with Crippen LogP contribution >= 0.6 is 0 Å². The van der Waals surface area contributed by atoms with Gasteiger partial charge in [-0.1, -0.05) is 55.8 Å². The summed E-state index contributed by atoms with van der Waals surface area (Å²) in [6.45, 7) is 4.22. The van der Waals surface area contributed by atoms with Crippen LogP contribution < -0.4 is 0 Å². The van der Waals surface area contributed by atoms with Crippen molar-refractivity contribution in [2.24, 2.45) is 4.99 Å². The number of aryl methyl sites for hydroxylation is 1. The van der Waals surface area contributed by atoms with Crippen molar-refractivity contribution < 1.29 is 5.11 Å². The molecule has 0 aromatic heterocycles. The molecule has 1 unspecified atom stereocenters. The molecule has 0 aliphatic heterocycles. The second-order valence-electron chi connectivity index (χ2n) is 5.32. The number of phenolic OH excluding ortho intramolecular Hbond substituents is 1. The molecule has 110 valence electrons. The number of rotatable bonds is 6. The van der Waals surface area contributed by atoms with Gasteiger partial charge in [-0.3, -0.25) is 4.99 Å². The number of aromatic hydroxyl groups is 1. The predicted molar refractivity (Wildman–Crippen MR) is 89.2 cm³/mol. The fourth-order valence-electron chi connectivity index (χ4n) is 2.29. The normalized spacial score (nSPS) is 12.7. The Hall–Kier alpha value is -2.09.